The van der Waals surface area contributed by atoms with E-state index in [4.69, 9.17) is 12.5 Å². The molecule has 0 radical (unpaired) electrons. The number of nitrogens with zero attached hydrogens (tertiary/aromatic N) is 4. The van der Waals surface area contributed by atoms with Gasteiger partial charge in [-0.15, -0.1) is 29.7 Å². The summed E-state index contributed by atoms with van der Waals surface area (Å²) in [6.07, 6.45) is 4.00. The van der Waals surface area contributed by atoms with Gasteiger partial charge in [-0.2, -0.15) is 18.2 Å². The van der Waals surface area contributed by atoms with Gasteiger partial charge >= 0.3 is 0 Å². The summed E-state index contributed by atoms with van der Waals surface area (Å²) in [6, 6.07) is 58.8. The average Bonchev–Trinajstić information content (AvgIpc) is 3.91. The van der Waals surface area contributed by atoms with E-state index in [1.807, 2.05) is 57.2 Å². The molecule has 0 unspecified atom stereocenters. The first-order valence-corrected chi connectivity index (χ1v) is 26.1. The minimum Gasteiger partial charge on any atom is -0.510 e. The number of hydrogen-bond acceptors (Lipinski definition) is 2. The molecule has 3 aromatic heterocycles. The van der Waals surface area contributed by atoms with E-state index in [1.54, 1.807) is 12.3 Å². The second-order valence-electron chi connectivity index (χ2n) is 25.3. The molecule has 0 saturated heterocycles. The number of rotatable bonds is 8. The standard InChI is InChI=1S/C69H72N4O.Pt/c1-65(2,3)43-45-32-33-70-63(34-45)73-59-27-17-16-24-57(59)58-31-30-54(42-62(58)73)74-53-23-20-22-52(41-53)71-44-72(61-29-19-18-28-60(61)71)64-55(46-35-48(66(4,5)6)39-49(36-46)67(7,8)9)25-21-26-56(64)47-37-50(68(10,11)12)40-51(38-47)69(13,14)15;/h16-40H,43H2,1-15H3;/q-2;/i43D2;. The maximum absolute atomic E-state index is 9.08. The maximum atomic E-state index is 9.08. The summed E-state index contributed by atoms with van der Waals surface area (Å²) in [4.78, 5) is 4.80. The van der Waals surface area contributed by atoms with Gasteiger partial charge in [0.05, 0.1) is 16.7 Å². The molecule has 0 fully saturated rings. The van der Waals surface area contributed by atoms with Crippen LogP contribution >= 0.6 is 0 Å². The van der Waals surface area contributed by atoms with Gasteiger partial charge in [-0.25, -0.2) is 4.98 Å². The fraction of sp³-hybridized carbons (Fsp3) is 0.304. The summed E-state index contributed by atoms with van der Waals surface area (Å²) in [6.45, 7) is 33.4. The van der Waals surface area contributed by atoms with Gasteiger partial charge < -0.3 is 13.9 Å². The smallest absolute Gasteiger partial charge is 0.268 e. The van der Waals surface area contributed by atoms with Gasteiger partial charge in [-0.05, 0) is 113 Å². The third-order valence-electron chi connectivity index (χ3n) is 14.0. The van der Waals surface area contributed by atoms with Crippen LogP contribution in [0.5, 0.6) is 11.5 Å². The Balaban J connectivity index is 0.00000722. The van der Waals surface area contributed by atoms with Crippen molar-refractivity contribution in [3.8, 4) is 50.9 Å². The monoisotopic (exact) mass is 1170 g/mol. The summed E-state index contributed by atoms with van der Waals surface area (Å²) in [7, 11) is 0. The Kier molecular flexibility index (Phi) is 13.2. The van der Waals surface area contributed by atoms with E-state index in [-0.39, 0.29) is 42.7 Å². The van der Waals surface area contributed by atoms with Crippen molar-refractivity contribution in [2.24, 2.45) is 5.41 Å². The normalized spacial score (nSPS) is 13.3. The minimum absolute atomic E-state index is 0. The predicted octanol–water partition coefficient (Wildman–Crippen LogP) is 17.7. The Morgan fingerprint density at radius 2 is 1.07 bits per heavy atom. The number of fused-ring (bicyclic) bond motifs is 4. The molecule has 0 aliphatic rings. The van der Waals surface area contributed by atoms with Gasteiger partial charge in [-0.3, -0.25) is 4.57 Å². The van der Waals surface area contributed by atoms with Crippen LogP contribution in [0.3, 0.4) is 0 Å². The van der Waals surface area contributed by atoms with Crippen LogP contribution in [-0.4, -0.2) is 14.1 Å². The average molecular weight is 1170 g/mol. The van der Waals surface area contributed by atoms with E-state index in [0.29, 0.717) is 22.9 Å². The molecule has 10 aromatic rings. The van der Waals surface area contributed by atoms with Crippen molar-refractivity contribution >= 4 is 32.8 Å². The van der Waals surface area contributed by atoms with E-state index in [1.165, 1.54) is 33.4 Å². The van der Waals surface area contributed by atoms with Crippen LogP contribution in [0.1, 0.15) is 134 Å². The molecule has 7 aromatic carbocycles. The van der Waals surface area contributed by atoms with Crippen molar-refractivity contribution in [2.45, 2.75) is 132 Å². The predicted molar refractivity (Wildman–Crippen MR) is 309 cm³/mol. The molecule has 10 rings (SSSR count). The Labute approximate surface area is 463 Å². The van der Waals surface area contributed by atoms with E-state index in [9.17, 15) is 0 Å². The molecule has 0 bridgehead atoms. The first kappa shape index (κ1) is 50.6. The molecule has 5 nitrogen and oxygen atoms in total. The summed E-state index contributed by atoms with van der Waals surface area (Å²) < 4.78 is 31.3. The number of hydrogen-bond donors (Lipinski definition) is 0. The van der Waals surface area contributed by atoms with Crippen molar-refractivity contribution in [2.75, 3.05) is 0 Å². The zero-order valence-corrected chi connectivity index (χ0v) is 48.7. The van der Waals surface area contributed by atoms with Gasteiger partial charge in [0.2, 0.25) is 0 Å². The molecule has 0 saturated carbocycles. The van der Waals surface area contributed by atoms with E-state index < -0.39 is 11.8 Å². The van der Waals surface area contributed by atoms with Crippen molar-refractivity contribution < 1.29 is 33.1 Å². The van der Waals surface area contributed by atoms with Gasteiger partial charge in [0.1, 0.15) is 5.82 Å². The Morgan fingerprint density at radius 3 is 1.64 bits per heavy atom. The Hall–Kier alpha value is -6.55. The molecule has 3 heterocycles. The van der Waals surface area contributed by atoms with Crippen LogP contribution in [0, 0.1) is 23.9 Å². The second kappa shape index (κ2) is 19.5. The first-order valence-electron chi connectivity index (χ1n) is 27.1. The number of pyridine rings is 1. The number of benzene rings is 7. The van der Waals surface area contributed by atoms with Crippen molar-refractivity contribution in [1.82, 2.24) is 14.1 Å². The molecule has 75 heavy (non-hydrogen) atoms. The Morgan fingerprint density at radius 1 is 0.533 bits per heavy atom. The summed E-state index contributed by atoms with van der Waals surface area (Å²) >= 11 is 0. The second-order valence-corrected chi connectivity index (χ2v) is 25.3. The third kappa shape index (κ3) is 10.8. The van der Waals surface area contributed by atoms with Crippen LogP contribution in [0.15, 0.2) is 152 Å². The summed E-state index contributed by atoms with van der Waals surface area (Å²) in [5.41, 5.74) is 14.9. The molecule has 0 N–H and O–H groups in total. The third-order valence-corrected chi connectivity index (χ3v) is 14.0. The van der Waals surface area contributed by atoms with Crippen LogP contribution < -0.4 is 9.30 Å². The molecule has 0 atom stereocenters. The zero-order chi connectivity index (χ0) is 54.5. The van der Waals surface area contributed by atoms with Crippen LogP contribution in [0.4, 0.5) is 0 Å². The molecule has 386 valence electrons. The molecule has 0 spiro atoms. The van der Waals surface area contributed by atoms with Gasteiger partial charge in [-0.1, -0.05) is 206 Å². The number of imidazole rings is 1. The van der Waals surface area contributed by atoms with Crippen LogP contribution in [-0.2, 0) is 49.1 Å². The van der Waals surface area contributed by atoms with Gasteiger partial charge in [0.25, 0.3) is 6.33 Å². The van der Waals surface area contributed by atoms with Crippen molar-refractivity contribution in [3.63, 3.8) is 0 Å². The minimum atomic E-state index is -1.60. The van der Waals surface area contributed by atoms with Crippen LogP contribution in [0.2, 0.25) is 0 Å². The SMILES string of the molecule is [2H]C([2H])(c1ccnc(-n2c3[c-]c(Oc4[c-]c(-n5[c-][n+](-c6c(-c7cc(C(C)(C)C)cc(C(C)(C)C)c7)cccc6-c6cc(C(C)(C)C)cc(C(C)(C)C)c6)c6ccccc65)ccc4)ccc3c3ccccc32)c1)C(C)(C)C.[Pt]. The van der Waals surface area contributed by atoms with E-state index in [0.717, 1.165) is 55.3 Å². The number of para-hydroxylation sites is 4. The van der Waals surface area contributed by atoms with Crippen molar-refractivity contribution in [3.05, 3.63) is 198 Å². The topological polar surface area (TPSA) is 35.9 Å². The molecule has 0 aliphatic carbocycles. The largest absolute Gasteiger partial charge is 0.510 e. The van der Waals surface area contributed by atoms with Gasteiger partial charge in [0, 0.05) is 47.0 Å². The van der Waals surface area contributed by atoms with E-state index in [2.05, 4.69) is 218 Å². The maximum Gasteiger partial charge on any atom is 0.268 e. The zero-order valence-electron chi connectivity index (χ0n) is 48.4. The first-order chi connectivity index (χ1) is 35.6. The molecular formula is C69H72N4OPt-2. The van der Waals surface area contributed by atoms with Crippen LogP contribution in [0.25, 0.3) is 72.3 Å². The Bertz CT molecular complexity index is 3700. The molecule has 0 aliphatic heterocycles. The van der Waals surface area contributed by atoms with E-state index >= 15 is 0 Å². The molecular weight excluding hydrogens is 1100 g/mol. The van der Waals surface area contributed by atoms with Crippen molar-refractivity contribution in [1.29, 1.82) is 0 Å². The number of aromatic nitrogens is 4. The molecule has 6 heteroatoms. The fourth-order valence-corrected chi connectivity index (χ4v) is 9.92. The quantitative estimate of drug-likeness (QED) is 0.112. The summed E-state index contributed by atoms with van der Waals surface area (Å²) in [5, 5.41) is 2.03. The fourth-order valence-electron chi connectivity index (χ4n) is 9.92. The summed E-state index contributed by atoms with van der Waals surface area (Å²) in [5.74, 6) is 1.65. The van der Waals surface area contributed by atoms with Gasteiger partial charge in [0.15, 0.2) is 0 Å². The number of ether oxygens (including phenoxy) is 1. The molecule has 0 amide bonds.